The molecule has 1 saturated heterocycles. The minimum Gasteiger partial charge on any atom is -0.311 e. The van der Waals surface area contributed by atoms with Crippen molar-refractivity contribution in [1.29, 1.82) is 0 Å². The highest BCUT2D eigenvalue weighted by atomic mass is 15.2. The summed E-state index contributed by atoms with van der Waals surface area (Å²) in [6.07, 6.45) is 6.71. The quantitative estimate of drug-likeness (QED) is 0.856. The smallest absolute Gasteiger partial charge is 0.0249 e. The minimum atomic E-state index is 0.714. The fourth-order valence-corrected chi connectivity index (χ4v) is 3.56. The Labute approximate surface area is 123 Å². The van der Waals surface area contributed by atoms with Crippen LogP contribution in [-0.2, 0) is 6.42 Å². The number of nitrogens with zero attached hydrogens (tertiary/aromatic N) is 1. The molecule has 0 radical (unpaired) electrons. The van der Waals surface area contributed by atoms with Crippen molar-refractivity contribution in [3.8, 4) is 0 Å². The first kappa shape index (κ1) is 14.1. The standard InChI is InChI=1S/C18H28N2/c1-2-6-17-14-20(18(13-19-17)16-9-10-16)12-11-15-7-4-3-5-8-15/h3-5,7-8,16-19H,2,6,9-14H2,1H3. The fourth-order valence-electron chi connectivity index (χ4n) is 3.56. The van der Waals surface area contributed by atoms with Crippen molar-refractivity contribution in [3.05, 3.63) is 35.9 Å². The summed E-state index contributed by atoms with van der Waals surface area (Å²) < 4.78 is 0. The lowest BCUT2D eigenvalue weighted by Gasteiger charge is -2.41. The Bertz CT molecular complexity index is 399. The van der Waals surface area contributed by atoms with Gasteiger partial charge in [0.1, 0.15) is 0 Å². The van der Waals surface area contributed by atoms with Crippen LogP contribution in [0, 0.1) is 5.92 Å². The van der Waals surface area contributed by atoms with Gasteiger partial charge in [-0.25, -0.2) is 0 Å². The second kappa shape index (κ2) is 6.73. The Morgan fingerprint density at radius 3 is 2.70 bits per heavy atom. The molecule has 0 bridgehead atoms. The maximum Gasteiger partial charge on any atom is 0.0249 e. The second-order valence-corrected chi connectivity index (χ2v) is 6.53. The van der Waals surface area contributed by atoms with E-state index in [1.54, 1.807) is 0 Å². The van der Waals surface area contributed by atoms with Gasteiger partial charge < -0.3 is 5.32 Å². The zero-order chi connectivity index (χ0) is 13.8. The van der Waals surface area contributed by atoms with Crippen molar-refractivity contribution in [1.82, 2.24) is 10.2 Å². The second-order valence-electron chi connectivity index (χ2n) is 6.53. The van der Waals surface area contributed by atoms with Crippen molar-refractivity contribution in [2.24, 2.45) is 5.92 Å². The molecule has 110 valence electrons. The van der Waals surface area contributed by atoms with Gasteiger partial charge in [-0.2, -0.15) is 0 Å². The van der Waals surface area contributed by atoms with Gasteiger partial charge in [-0.05, 0) is 37.2 Å². The SMILES string of the molecule is CCCC1CN(CCc2ccccc2)C(C2CC2)CN1. The van der Waals surface area contributed by atoms with E-state index < -0.39 is 0 Å². The lowest BCUT2D eigenvalue weighted by molar-refractivity contribution is 0.113. The topological polar surface area (TPSA) is 15.3 Å². The van der Waals surface area contributed by atoms with Crippen molar-refractivity contribution in [3.63, 3.8) is 0 Å². The maximum absolute atomic E-state index is 3.78. The molecule has 1 aromatic carbocycles. The van der Waals surface area contributed by atoms with E-state index in [0.29, 0.717) is 6.04 Å². The van der Waals surface area contributed by atoms with Crippen LogP contribution in [0.5, 0.6) is 0 Å². The van der Waals surface area contributed by atoms with Gasteiger partial charge in [0, 0.05) is 31.7 Å². The van der Waals surface area contributed by atoms with Gasteiger partial charge in [0.2, 0.25) is 0 Å². The third kappa shape index (κ3) is 3.62. The Morgan fingerprint density at radius 1 is 1.20 bits per heavy atom. The largest absolute Gasteiger partial charge is 0.311 e. The van der Waals surface area contributed by atoms with Gasteiger partial charge >= 0.3 is 0 Å². The molecule has 1 saturated carbocycles. The van der Waals surface area contributed by atoms with Crippen LogP contribution in [0.1, 0.15) is 38.2 Å². The van der Waals surface area contributed by atoms with Crippen LogP contribution >= 0.6 is 0 Å². The van der Waals surface area contributed by atoms with Gasteiger partial charge in [-0.1, -0.05) is 43.7 Å². The van der Waals surface area contributed by atoms with E-state index in [1.807, 2.05) is 0 Å². The summed E-state index contributed by atoms with van der Waals surface area (Å²) >= 11 is 0. The first-order valence-corrected chi connectivity index (χ1v) is 8.38. The van der Waals surface area contributed by atoms with Gasteiger partial charge in [-0.3, -0.25) is 4.90 Å². The Morgan fingerprint density at radius 2 is 2.00 bits per heavy atom. The maximum atomic E-state index is 3.78. The molecule has 20 heavy (non-hydrogen) atoms. The monoisotopic (exact) mass is 272 g/mol. The summed E-state index contributed by atoms with van der Waals surface area (Å²) in [6, 6.07) is 12.5. The molecule has 1 aromatic rings. The molecule has 0 aromatic heterocycles. The molecule has 2 heteroatoms. The number of benzene rings is 1. The normalized spacial score (nSPS) is 27.6. The Kier molecular flexibility index (Phi) is 4.74. The summed E-state index contributed by atoms with van der Waals surface area (Å²) in [4.78, 5) is 2.78. The highest BCUT2D eigenvalue weighted by Gasteiger charge is 2.38. The van der Waals surface area contributed by atoms with Crippen LogP contribution in [0.15, 0.2) is 30.3 Å². The van der Waals surface area contributed by atoms with E-state index in [4.69, 9.17) is 0 Å². The van der Waals surface area contributed by atoms with Crippen molar-refractivity contribution in [2.45, 2.75) is 51.1 Å². The summed E-state index contributed by atoms with van der Waals surface area (Å²) in [5, 5.41) is 3.78. The van der Waals surface area contributed by atoms with Gasteiger partial charge in [0.15, 0.2) is 0 Å². The number of hydrogen-bond donors (Lipinski definition) is 1. The predicted octanol–water partition coefficient (Wildman–Crippen LogP) is 3.08. The predicted molar refractivity (Wildman–Crippen MR) is 84.9 cm³/mol. The van der Waals surface area contributed by atoms with Gasteiger partial charge in [-0.15, -0.1) is 0 Å². The van der Waals surface area contributed by atoms with Crippen LogP contribution < -0.4 is 5.32 Å². The molecular formula is C18H28N2. The molecule has 1 aliphatic carbocycles. The molecule has 1 heterocycles. The number of hydrogen-bond acceptors (Lipinski definition) is 2. The molecule has 0 spiro atoms. The van der Waals surface area contributed by atoms with Gasteiger partial charge in [0.05, 0.1) is 0 Å². The molecule has 0 amide bonds. The van der Waals surface area contributed by atoms with E-state index in [-0.39, 0.29) is 0 Å². The van der Waals surface area contributed by atoms with Crippen molar-refractivity contribution < 1.29 is 0 Å². The highest BCUT2D eigenvalue weighted by molar-refractivity contribution is 5.15. The molecule has 2 aliphatic rings. The zero-order valence-corrected chi connectivity index (χ0v) is 12.7. The van der Waals surface area contributed by atoms with E-state index >= 15 is 0 Å². The number of nitrogens with one attached hydrogen (secondary N) is 1. The average Bonchev–Trinajstić information content (AvgIpc) is 3.31. The first-order chi connectivity index (χ1) is 9.86. The third-order valence-corrected chi connectivity index (χ3v) is 4.87. The lowest BCUT2D eigenvalue weighted by atomic mass is 10.0. The average molecular weight is 272 g/mol. The summed E-state index contributed by atoms with van der Waals surface area (Å²) in [6.45, 7) is 5.99. The van der Waals surface area contributed by atoms with Crippen LogP contribution in [0.3, 0.4) is 0 Å². The van der Waals surface area contributed by atoms with Crippen molar-refractivity contribution in [2.75, 3.05) is 19.6 Å². The molecule has 2 fully saturated rings. The Balaban J connectivity index is 1.57. The molecule has 2 unspecified atom stereocenters. The fraction of sp³-hybridized carbons (Fsp3) is 0.667. The van der Waals surface area contributed by atoms with E-state index in [0.717, 1.165) is 12.0 Å². The summed E-state index contributed by atoms with van der Waals surface area (Å²) in [5.74, 6) is 0.973. The molecular weight excluding hydrogens is 244 g/mol. The molecule has 2 nitrogen and oxygen atoms in total. The van der Waals surface area contributed by atoms with E-state index in [1.165, 1.54) is 57.3 Å². The summed E-state index contributed by atoms with van der Waals surface area (Å²) in [5.41, 5.74) is 1.48. The van der Waals surface area contributed by atoms with E-state index in [2.05, 4.69) is 47.5 Å². The highest BCUT2D eigenvalue weighted by Crippen LogP contribution is 2.36. The molecule has 1 aliphatic heterocycles. The van der Waals surface area contributed by atoms with Crippen LogP contribution in [0.4, 0.5) is 0 Å². The zero-order valence-electron chi connectivity index (χ0n) is 12.7. The summed E-state index contributed by atoms with van der Waals surface area (Å²) in [7, 11) is 0. The van der Waals surface area contributed by atoms with Gasteiger partial charge in [0.25, 0.3) is 0 Å². The minimum absolute atomic E-state index is 0.714. The van der Waals surface area contributed by atoms with Crippen LogP contribution in [-0.4, -0.2) is 36.6 Å². The third-order valence-electron chi connectivity index (χ3n) is 4.87. The van der Waals surface area contributed by atoms with Crippen LogP contribution in [0.2, 0.25) is 0 Å². The van der Waals surface area contributed by atoms with Crippen LogP contribution in [0.25, 0.3) is 0 Å². The molecule has 3 rings (SSSR count). The number of piperazine rings is 1. The molecule has 2 atom stereocenters. The Hall–Kier alpha value is -0.860. The molecule has 1 N–H and O–H groups in total. The van der Waals surface area contributed by atoms with E-state index in [9.17, 15) is 0 Å². The lowest BCUT2D eigenvalue weighted by Crippen LogP contribution is -2.57. The first-order valence-electron chi connectivity index (χ1n) is 8.38. The number of rotatable bonds is 6. The van der Waals surface area contributed by atoms with Crippen molar-refractivity contribution >= 4 is 0 Å².